The van der Waals surface area contributed by atoms with E-state index in [1.165, 1.54) is 0 Å². The first-order valence-corrected chi connectivity index (χ1v) is 9.14. The van der Waals surface area contributed by atoms with E-state index in [0.29, 0.717) is 16.5 Å². The van der Waals surface area contributed by atoms with E-state index in [-0.39, 0.29) is 17.9 Å². The van der Waals surface area contributed by atoms with Gasteiger partial charge in [-0.2, -0.15) is 22.7 Å². The standard InChI is InChI=1S/C18H18ClF3N6/c1-10-9-14(28-17(23-10)25-16(26-28)18(20,21)22)24-13-7-8-27(2)15(13)11-3-5-12(19)6-4-11/h3-6,9,13,15,24H,7-8H2,1-2H3. The number of nitrogens with one attached hydrogen (secondary N) is 1. The molecule has 1 saturated heterocycles. The number of aryl methyl sites for hydroxylation is 1. The molecule has 10 heteroatoms. The zero-order chi connectivity index (χ0) is 20.1. The molecule has 28 heavy (non-hydrogen) atoms. The molecule has 1 fully saturated rings. The average molecular weight is 411 g/mol. The Morgan fingerprint density at radius 2 is 1.89 bits per heavy atom. The molecule has 1 aliphatic rings. The fourth-order valence-electron chi connectivity index (χ4n) is 3.64. The minimum Gasteiger partial charge on any atom is -0.365 e. The Labute approximate surface area is 164 Å². The molecule has 4 rings (SSSR count). The Bertz CT molecular complexity index is 1000. The van der Waals surface area contributed by atoms with E-state index in [1.807, 2.05) is 31.3 Å². The Kier molecular flexibility index (Phi) is 4.67. The first kappa shape index (κ1) is 18.9. The minimum absolute atomic E-state index is 0.0188. The van der Waals surface area contributed by atoms with E-state index in [9.17, 15) is 13.2 Å². The Morgan fingerprint density at radius 1 is 1.18 bits per heavy atom. The summed E-state index contributed by atoms with van der Waals surface area (Å²) in [4.78, 5) is 9.81. The summed E-state index contributed by atoms with van der Waals surface area (Å²) in [5.74, 6) is -0.847. The highest BCUT2D eigenvalue weighted by atomic mass is 35.5. The quantitative estimate of drug-likeness (QED) is 0.708. The molecule has 0 bridgehead atoms. The maximum absolute atomic E-state index is 13.0. The van der Waals surface area contributed by atoms with Gasteiger partial charge in [-0.3, -0.25) is 4.90 Å². The van der Waals surface area contributed by atoms with Crippen molar-refractivity contribution < 1.29 is 13.2 Å². The van der Waals surface area contributed by atoms with E-state index in [0.717, 1.165) is 23.0 Å². The summed E-state index contributed by atoms with van der Waals surface area (Å²) in [6.45, 7) is 2.56. The molecule has 0 saturated carbocycles. The van der Waals surface area contributed by atoms with Gasteiger partial charge < -0.3 is 5.32 Å². The van der Waals surface area contributed by atoms with Crippen molar-refractivity contribution in [2.45, 2.75) is 31.6 Å². The van der Waals surface area contributed by atoms with Crippen LogP contribution in [-0.2, 0) is 6.18 Å². The van der Waals surface area contributed by atoms with E-state index in [2.05, 4.69) is 25.3 Å². The highest BCUT2D eigenvalue weighted by molar-refractivity contribution is 6.30. The fourth-order valence-corrected chi connectivity index (χ4v) is 3.77. The van der Waals surface area contributed by atoms with Crippen LogP contribution in [0.3, 0.4) is 0 Å². The van der Waals surface area contributed by atoms with Crippen molar-refractivity contribution in [3.05, 3.63) is 52.4 Å². The number of nitrogens with zero attached hydrogens (tertiary/aromatic N) is 5. The molecule has 0 amide bonds. The third-order valence-corrected chi connectivity index (χ3v) is 5.14. The molecule has 1 aromatic carbocycles. The van der Waals surface area contributed by atoms with Gasteiger partial charge in [0.1, 0.15) is 5.82 Å². The van der Waals surface area contributed by atoms with E-state index < -0.39 is 12.0 Å². The zero-order valence-electron chi connectivity index (χ0n) is 15.2. The predicted molar refractivity (Wildman–Crippen MR) is 99.4 cm³/mol. The first-order valence-electron chi connectivity index (χ1n) is 8.76. The number of likely N-dealkylation sites (N-methyl/N-ethyl adjacent to an activating group) is 1. The number of rotatable bonds is 3. The summed E-state index contributed by atoms with van der Waals surface area (Å²) >= 11 is 6.00. The molecule has 3 aromatic rings. The lowest BCUT2D eigenvalue weighted by Gasteiger charge is -2.27. The summed E-state index contributed by atoms with van der Waals surface area (Å²) in [5, 5.41) is 7.64. The number of halogens is 4. The van der Waals surface area contributed by atoms with E-state index in [4.69, 9.17) is 11.6 Å². The first-order chi connectivity index (χ1) is 13.2. The highest BCUT2D eigenvalue weighted by Crippen LogP contribution is 2.34. The molecule has 148 valence electrons. The number of benzene rings is 1. The van der Waals surface area contributed by atoms with Crippen molar-refractivity contribution in [1.82, 2.24) is 24.5 Å². The molecular weight excluding hydrogens is 393 g/mol. The molecule has 3 heterocycles. The SMILES string of the molecule is Cc1cc(NC2CCN(C)C2c2ccc(Cl)cc2)n2nc(C(F)(F)F)nc2n1. The number of alkyl halides is 3. The van der Waals surface area contributed by atoms with Crippen LogP contribution in [0.15, 0.2) is 30.3 Å². The summed E-state index contributed by atoms with van der Waals surface area (Å²) in [6.07, 6.45) is -3.80. The van der Waals surface area contributed by atoms with Crippen LogP contribution in [0.4, 0.5) is 19.0 Å². The monoisotopic (exact) mass is 410 g/mol. The van der Waals surface area contributed by atoms with Crippen molar-refractivity contribution in [3.63, 3.8) is 0 Å². The van der Waals surface area contributed by atoms with Crippen LogP contribution in [-0.4, -0.2) is 44.1 Å². The maximum atomic E-state index is 13.0. The number of aromatic nitrogens is 4. The molecule has 1 aliphatic heterocycles. The van der Waals surface area contributed by atoms with Crippen molar-refractivity contribution >= 4 is 23.2 Å². The molecular formula is C18H18ClF3N6. The Balaban J connectivity index is 1.70. The van der Waals surface area contributed by atoms with Crippen LogP contribution in [0.2, 0.25) is 5.02 Å². The maximum Gasteiger partial charge on any atom is 0.453 e. The molecule has 2 unspecified atom stereocenters. The number of hydrogen-bond acceptors (Lipinski definition) is 5. The van der Waals surface area contributed by atoms with Crippen LogP contribution < -0.4 is 5.32 Å². The highest BCUT2D eigenvalue weighted by Gasteiger charge is 2.37. The van der Waals surface area contributed by atoms with Gasteiger partial charge in [-0.25, -0.2) is 4.98 Å². The average Bonchev–Trinajstić information content (AvgIpc) is 3.20. The van der Waals surface area contributed by atoms with Gasteiger partial charge in [0, 0.05) is 29.4 Å². The third kappa shape index (κ3) is 3.51. The van der Waals surface area contributed by atoms with Gasteiger partial charge >= 0.3 is 6.18 Å². The molecule has 1 N–H and O–H groups in total. The lowest BCUT2D eigenvalue weighted by molar-refractivity contribution is -0.144. The zero-order valence-corrected chi connectivity index (χ0v) is 16.0. The fraction of sp³-hybridized carbons (Fsp3) is 0.389. The molecule has 2 aromatic heterocycles. The van der Waals surface area contributed by atoms with E-state index in [1.54, 1.807) is 13.0 Å². The number of hydrogen-bond donors (Lipinski definition) is 1. The normalized spacial score (nSPS) is 20.8. The minimum atomic E-state index is -4.63. The number of likely N-dealkylation sites (tertiary alicyclic amines) is 1. The second-order valence-electron chi connectivity index (χ2n) is 6.94. The number of anilines is 1. The molecule has 2 atom stereocenters. The van der Waals surface area contributed by atoms with Gasteiger partial charge in [0.05, 0.1) is 6.04 Å². The third-order valence-electron chi connectivity index (χ3n) is 4.89. The van der Waals surface area contributed by atoms with Crippen LogP contribution in [0.5, 0.6) is 0 Å². The number of fused-ring (bicyclic) bond motifs is 1. The molecule has 0 aliphatic carbocycles. The van der Waals surface area contributed by atoms with Crippen molar-refractivity contribution in [3.8, 4) is 0 Å². The molecule has 0 radical (unpaired) electrons. The van der Waals surface area contributed by atoms with Gasteiger partial charge in [0.2, 0.25) is 0 Å². The van der Waals surface area contributed by atoms with Crippen molar-refractivity contribution in [1.29, 1.82) is 0 Å². The van der Waals surface area contributed by atoms with Crippen LogP contribution in [0.1, 0.15) is 29.5 Å². The molecule has 0 spiro atoms. The topological polar surface area (TPSA) is 58.4 Å². The van der Waals surface area contributed by atoms with E-state index >= 15 is 0 Å². The largest absolute Gasteiger partial charge is 0.453 e. The second-order valence-corrected chi connectivity index (χ2v) is 7.38. The van der Waals surface area contributed by atoms with Crippen LogP contribution >= 0.6 is 11.6 Å². The molecule has 6 nitrogen and oxygen atoms in total. The summed E-state index contributed by atoms with van der Waals surface area (Å²) in [5.41, 5.74) is 1.64. The smallest absolute Gasteiger partial charge is 0.365 e. The van der Waals surface area contributed by atoms with Crippen LogP contribution in [0, 0.1) is 6.92 Å². The van der Waals surface area contributed by atoms with Gasteiger partial charge in [-0.15, -0.1) is 5.10 Å². The van der Waals surface area contributed by atoms with Gasteiger partial charge in [-0.05, 0) is 38.1 Å². The van der Waals surface area contributed by atoms with Crippen molar-refractivity contribution in [2.75, 3.05) is 18.9 Å². The lowest BCUT2D eigenvalue weighted by Crippen LogP contribution is -2.30. The van der Waals surface area contributed by atoms with Crippen LogP contribution in [0.25, 0.3) is 5.78 Å². The summed E-state index contributed by atoms with van der Waals surface area (Å²) in [7, 11) is 2.02. The Hall–Kier alpha value is -2.39. The van der Waals surface area contributed by atoms with Gasteiger partial charge in [-0.1, -0.05) is 23.7 Å². The summed E-state index contributed by atoms with van der Waals surface area (Å²) < 4.78 is 40.2. The lowest BCUT2D eigenvalue weighted by atomic mass is 10.0. The van der Waals surface area contributed by atoms with Gasteiger partial charge in [0.25, 0.3) is 11.6 Å². The Morgan fingerprint density at radius 3 is 2.57 bits per heavy atom. The van der Waals surface area contributed by atoms with Gasteiger partial charge in [0.15, 0.2) is 0 Å². The predicted octanol–water partition coefficient (Wildman–Crippen LogP) is 3.96. The second kappa shape index (κ2) is 6.89. The van der Waals surface area contributed by atoms with Crippen molar-refractivity contribution in [2.24, 2.45) is 0 Å². The summed E-state index contributed by atoms with van der Waals surface area (Å²) in [6, 6.07) is 9.31.